The van der Waals surface area contributed by atoms with Crippen molar-refractivity contribution in [2.45, 2.75) is 38.8 Å². The molecule has 120 valence electrons. The summed E-state index contributed by atoms with van der Waals surface area (Å²) in [7, 11) is 0. The van der Waals surface area contributed by atoms with Crippen LogP contribution in [-0.4, -0.2) is 29.9 Å². The van der Waals surface area contributed by atoms with Gasteiger partial charge in [0, 0.05) is 31.6 Å². The zero-order valence-electron chi connectivity index (χ0n) is 12.8. The van der Waals surface area contributed by atoms with Gasteiger partial charge in [-0.2, -0.15) is 0 Å². The van der Waals surface area contributed by atoms with E-state index in [1.807, 2.05) is 11.0 Å². The van der Waals surface area contributed by atoms with Gasteiger partial charge in [-0.3, -0.25) is 4.79 Å². The van der Waals surface area contributed by atoms with Gasteiger partial charge in [-0.15, -0.1) is 0 Å². The Hall–Kier alpha value is -1.13. The number of hydrogen-bond acceptors (Lipinski definition) is 2. The summed E-state index contributed by atoms with van der Waals surface area (Å²) in [5.41, 5.74) is 0.894. The first kappa shape index (κ1) is 15.8. The number of hydrogen-bond donors (Lipinski definition) is 1. The molecule has 0 bridgehead atoms. The predicted molar refractivity (Wildman–Crippen MR) is 85.1 cm³/mol. The smallest absolute Gasteiger partial charge is 0.225 e. The van der Waals surface area contributed by atoms with Crippen molar-refractivity contribution in [1.29, 1.82) is 0 Å². The number of likely N-dealkylation sites (tertiary alicyclic amines) is 1. The van der Waals surface area contributed by atoms with Gasteiger partial charge in [0.15, 0.2) is 0 Å². The number of carbonyl (C=O) groups excluding carboxylic acids is 1. The maximum Gasteiger partial charge on any atom is 0.225 e. The molecule has 2 aliphatic rings. The molecule has 3 rings (SSSR count). The van der Waals surface area contributed by atoms with E-state index in [1.165, 1.54) is 6.07 Å². The third-order valence-electron chi connectivity index (χ3n) is 4.70. The third-order valence-corrected chi connectivity index (χ3v) is 5.00. The lowest BCUT2D eigenvalue weighted by molar-refractivity contribution is -0.134. The highest BCUT2D eigenvalue weighted by Crippen LogP contribution is 2.32. The van der Waals surface area contributed by atoms with E-state index >= 15 is 0 Å². The Balaban J connectivity index is 1.51. The molecule has 5 heteroatoms. The largest absolute Gasteiger partial charge is 0.342 e. The number of halogens is 2. The van der Waals surface area contributed by atoms with Crippen molar-refractivity contribution < 1.29 is 9.18 Å². The monoisotopic (exact) mass is 324 g/mol. The van der Waals surface area contributed by atoms with E-state index in [0.717, 1.165) is 37.9 Å². The lowest BCUT2D eigenvalue weighted by Crippen LogP contribution is -2.50. The van der Waals surface area contributed by atoms with E-state index in [4.69, 9.17) is 11.6 Å². The number of carbonyl (C=O) groups is 1. The van der Waals surface area contributed by atoms with E-state index in [0.29, 0.717) is 30.3 Å². The summed E-state index contributed by atoms with van der Waals surface area (Å²) in [6, 6.07) is 5.27. The molecule has 1 N–H and O–H groups in total. The van der Waals surface area contributed by atoms with Crippen LogP contribution in [0.4, 0.5) is 4.39 Å². The minimum absolute atomic E-state index is 0.156. The summed E-state index contributed by atoms with van der Waals surface area (Å²) >= 11 is 5.70. The van der Waals surface area contributed by atoms with E-state index in [1.54, 1.807) is 6.07 Å². The van der Waals surface area contributed by atoms with Crippen LogP contribution in [0.15, 0.2) is 18.2 Å². The van der Waals surface area contributed by atoms with E-state index in [9.17, 15) is 9.18 Å². The lowest BCUT2D eigenvalue weighted by Gasteiger charge is -2.37. The lowest BCUT2D eigenvalue weighted by atomic mass is 9.93. The van der Waals surface area contributed by atoms with Crippen LogP contribution in [0.3, 0.4) is 0 Å². The average Bonchev–Trinajstić information content (AvgIpc) is 3.33. The van der Waals surface area contributed by atoms with Crippen molar-refractivity contribution in [3.63, 3.8) is 0 Å². The van der Waals surface area contributed by atoms with Crippen LogP contribution >= 0.6 is 11.6 Å². The van der Waals surface area contributed by atoms with E-state index < -0.39 is 0 Å². The van der Waals surface area contributed by atoms with Gasteiger partial charge in [-0.1, -0.05) is 24.6 Å². The van der Waals surface area contributed by atoms with Gasteiger partial charge in [0.1, 0.15) is 5.82 Å². The van der Waals surface area contributed by atoms with Crippen molar-refractivity contribution in [3.8, 4) is 0 Å². The molecule has 0 unspecified atom stereocenters. The molecule has 1 heterocycles. The van der Waals surface area contributed by atoms with Gasteiger partial charge in [0.2, 0.25) is 5.91 Å². The summed E-state index contributed by atoms with van der Waals surface area (Å²) in [5, 5.41) is 3.65. The minimum Gasteiger partial charge on any atom is -0.342 e. The molecule has 1 saturated carbocycles. The third kappa shape index (κ3) is 3.61. The Labute approximate surface area is 135 Å². The second-order valence-electron chi connectivity index (χ2n) is 6.56. The molecule has 2 fully saturated rings. The van der Waals surface area contributed by atoms with Gasteiger partial charge in [-0.25, -0.2) is 4.39 Å². The standard InChI is InChI=1S/C17H22ClFN2O/c1-11-10-21(17(22)13-3-4-13)7-6-16(11)20-9-12-2-5-14(18)15(19)8-12/h2,5,8,11,13,16,20H,3-4,6-7,9-10H2,1H3/t11-,16+/m0/s1. The van der Waals surface area contributed by atoms with Crippen molar-refractivity contribution in [2.24, 2.45) is 11.8 Å². The summed E-state index contributed by atoms with van der Waals surface area (Å²) in [6.07, 6.45) is 3.08. The number of nitrogens with zero attached hydrogens (tertiary/aromatic N) is 1. The Morgan fingerprint density at radius 3 is 2.82 bits per heavy atom. The Bertz CT molecular complexity index is 562. The van der Waals surface area contributed by atoms with Gasteiger partial charge >= 0.3 is 0 Å². The fraction of sp³-hybridized carbons (Fsp3) is 0.588. The molecular weight excluding hydrogens is 303 g/mol. The first-order valence-corrected chi connectivity index (χ1v) is 8.38. The average molecular weight is 325 g/mol. The number of piperidine rings is 1. The SMILES string of the molecule is C[C@H]1CN(C(=O)C2CC2)CC[C@H]1NCc1ccc(Cl)c(F)c1. The van der Waals surface area contributed by atoms with E-state index in [-0.39, 0.29) is 10.8 Å². The zero-order chi connectivity index (χ0) is 15.7. The van der Waals surface area contributed by atoms with Gasteiger partial charge in [-0.05, 0) is 42.9 Å². The number of amides is 1. The van der Waals surface area contributed by atoms with Gasteiger partial charge < -0.3 is 10.2 Å². The predicted octanol–water partition coefficient (Wildman–Crippen LogP) is 3.22. The number of rotatable bonds is 4. The molecule has 0 radical (unpaired) electrons. The zero-order valence-corrected chi connectivity index (χ0v) is 13.6. The van der Waals surface area contributed by atoms with Crippen LogP contribution in [0.25, 0.3) is 0 Å². The maximum atomic E-state index is 13.4. The van der Waals surface area contributed by atoms with E-state index in [2.05, 4.69) is 12.2 Å². The molecule has 0 spiro atoms. The van der Waals surface area contributed by atoms with Crippen LogP contribution < -0.4 is 5.32 Å². The first-order valence-electron chi connectivity index (χ1n) is 8.00. The summed E-state index contributed by atoms with van der Waals surface area (Å²) in [5.74, 6) is 0.672. The fourth-order valence-electron chi connectivity index (χ4n) is 3.14. The molecule has 3 nitrogen and oxygen atoms in total. The summed E-state index contributed by atoms with van der Waals surface area (Å²) in [6.45, 7) is 4.44. The number of nitrogens with one attached hydrogen (secondary N) is 1. The molecule has 1 aliphatic carbocycles. The Kier molecular flexibility index (Phi) is 4.69. The van der Waals surface area contributed by atoms with Gasteiger partial charge in [0.25, 0.3) is 0 Å². The van der Waals surface area contributed by atoms with Crippen LogP contribution in [0.2, 0.25) is 5.02 Å². The summed E-state index contributed by atoms with van der Waals surface area (Å²) in [4.78, 5) is 14.1. The van der Waals surface area contributed by atoms with Crippen LogP contribution in [0, 0.1) is 17.7 Å². The molecule has 1 aromatic rings. The highest BCUT2D eigenvalue weighted by atomic mass is 35.5. The minimum atomic E-state index is -0.376. The Morgan fingerprint density at radius 2 is 2.18 bits per heavy atom. The fourth-order valence-corrected chi connectivity index (χ4v) is 3.25. The van der Waals surface area contributed by atoms with Crippen molar-refractivity contribution in [1.82, 2.24) is 10.2 Å². The number of benzene rings is 1. The van der Waals surface area contributed by atoms with Crippen LogP contribution in [0.1, 0.15) is 31.7 Å². The molecule has 0 aromatic heterocycles. The highest BCUT2D eigenvalue weighted by molar-refractivity contribution is 6.30. The topological polar surface area (TPSA) is 32.3 Å². The van der Waals surface area contributed by atoms with Crippen molar-refractivity contribution in [2.75, 3.05) is 13.1 Å². The maximum absolute atomic E-state index is 13.4. The molecule has 1 amide bonds. The normalized spacial score (nSPS) is 25.3. The first-order chi connectivity index (χ1) is 10.5. The quantitative estimate of drug-likeness (QED) is 0.922. The van der Waals surface area contributed by atoms with Crippen LogP contribution in [-0.2, 0) is 11.3 Å². The molecule has 2 atom stereocenters. The van der Waals surface area contributed by atoms with Crippen molar-refractivity contribution >= 4 is 17.5 Å². The van der Waals surface area contributed by atoms with Crippen molar-refractivity contribution in [3.05, 3.63) is 34.6 Å². The summed E-state index contributed by atoms with van der Waals surface area (Å²) < 4.78 is 13.4. The second-order valence-corrected chi connectivity index (χ2v) is 6.97. The Morgan fingerprint density at radius 1 is 1.41 bits per heavy atom. The highest BCUT2D eigenvalue weighted by Gasteiger charge is 2.36. The molecule has 22 heavy (non-hydrogen) atoms. The van der Waals surface area contributed by atoms with Gasteiger partial charge in [0.05, 0.1) is 5.02 Å². The molecule has 1 aromatic carbocycles. The molecule has 1 saturated heterocycles. The second kappa shape index (κ2) is 6.55. The molecule has 1 aliphatic heterocycles. The molecular formula is C17H22ClFN2O. The van der Waals surface area contributed by atoms with Crippen LogP contribution in [0.5, 0.6) is 0 Å².